The summed E-state index contributed by atoms with van der Waals surface area (Å²) in [6.45, 7) is 4.93. The van der Waals surface area contributed by atoms with E-state index in [4.69, 9.17) is 10.5 Å². The molecular formula is C32H37F2N3O3. The van der Waals surface area contributed by atoms with Crippen molar-refractivity contribution in [3.63, 3.8) is 0 Å². The van der Waals surface area contributed by atoms with Gasteiger partial charge in [0.15, 0.2) is 0 Å². The lowest BCUT2D eigenvalue weighted by Gasteiger charge is -2.12. The van der Waals surface area contributed by atoms with Gasteiger partial charge in [-0.15, -0.1) is 0 Å². The molecule has 3 aromatic carbocycles. The lowest BCUT2D eigenvalue weighted by atomic mass is 9.99. The van der Waals surface area contributed by atoms with Gasteiger partial charge in [0, 0.05) is 31.0 Å². The molecular weight excluding hydrogens is 512 g/mol. The summed E-state index contributed by atoms with van der Waals surface area (Å²) in [5, 5.41) is 2.42. The van der Waals surface area contributed by atoms with Crippen molar-refractivity contribution in [2.75, 3.05) is 21.2 Å². The number of hydrogen-bond donors (Lipinski definition) is 1. The number of benzene rings is 3. The lowest BCUT2D eigenvalue weighted by molar-refractivity contribution is -0.140. The highest BCUT2D eigenvalue weighted by molar-refractivity contribution is 5.93. The van der Waals surface area contributed by atoms with Gasteiger partial charge in [-0.1, -0.05) is 56.3 Å². The van der Waals surface area contributed by atoms with Crippen molar-refractivity contribution in [1.82, 2.24) is 9.88 Å². The number of aryl methyl sites for hydroxylation is 1. The highest BCUT2D eigenvalue weighted by Gasteiger charge is 2.12. The summed E-state index contributed by atoms with van der Waals surface area (Å²) < 4.78 is 29.8. The van der Waals surface area contributed by atoms with E-state index in [9.17, 15) is 18.4 Å². The number of carbonyl (C=O) groups excluding carboxylic acids is 2. The quantitative estimate of drug-likeness (QED) is 0.269. The second-order valence-electron chi connectivity index (χ2n) is 9.08. The Morgan fingerprint density at radius 3 is 2.15 bits per heavy atom. The summed E-state index contributed by atoms with van der Waals surface area (Å²) in [7, 11) is 5.58. The molecule has 1 amide bonds. The molecule has 4 rings (SSSR count). The first kappa shape index (κ1) is 32.0. The van der Waals surface area contributed by atoms with Crippen molar-refractivity contribution in [1.29, 1.82) is 0 Å². The van der Waals surface area contributed by atoms with Gasteiger partial charge in [0.1, 0.15) is 17.2 Å². The minimum atomic E-state index is -1.10. The molecule has 0 aliphatic heterocycles. The van der Waals surface area contributed by atoms with Crippen molar-refractivity contribution >= 4 is 22.6 Å². The monoisotopic (exact) mass is 549 g/mol. The SMILES string of the molecule is CC.COC(=O)CCc1cccc(Cc2nccc3cc(CN(C)C)ccc23)c1.NC(=O)c1c(F)cccc1F. The molecule has 1 aromatic heterocycles. The Morgan fingerprint density at radius 1 is 0.900 bits per heavy atom. The van der Waals surface area contributed by atoms with Crippen LogP contribution in [0.15, 0.2) is 72.9 Å². The normalized spacial score (nSPS) is 10.3. The van der Waals surface area contributed by atoms with Crippen molar-refractivity contribution in [3.05, 3.63) is 113 Å². The Kier molecular flexibility index (Phi) is 12.9. The van der Waals surface area contributed by atoms with E-state index in [1.165, 1.54) is 29.0 Å². The number of carbonyl (C=O) groups is 2. The number of hydrogen-bond acceptors (Lipinski definition) is 5. The number of nitrogens with zero attached hydrogens (tertiary/aromatic N) is 2. The van der Waals surface area contributed by atoms with Gasteiger partial charge in [-0.05, 0) is 66.9 Å². The van der Waals surface area contributed by atoms with Gasteiger partial charge in [-0.25, -0.2) is 8.78 Å². The average molecular weight is 550 g/mol. The van der Waals surface area contributed by atoms with Crippen LogP contribution in [-0.4, -0.2) is 43.0 Å². The van der Waals surface area contributed by atoms with Crippen molar-refractivity contribution in [3.8, 4) is 0 Å². The van der Waals surface area contributed by atoms with Crippen LogP contribution in [0.4, 0.5) is 8.78 Å². The lowest BCUT2D eigenvalue weighted by Crippen LogP contribution is -2.15. The molecule has 0 spiro atoms. The Balaban J connectivity index is 0.000000360. The molecule has 0 bridgehead atoms. The second-order valence-corrected chi connectivity index (χ2v) is 9.08. The third-order valence-electron chi connectivity index (χ3n) is 5.83. The number of ether oxygens (including phenoxy) is 1. The fraction of sp³-hybridized carbons (Fsp3) is 0.281. The molecule has 0 radical (unpaired) electrons. The van der Waals surface area contributed by atoms with E-state index in [1.807, 2.05) is 26.1 Å². The molecule has 1 heterocycles. The van der Waals surface area contributed by atoms with Gasteiger partial charge in [0.2, 0.25) is 0 Å². The highest BCUT2D eigenvalue weighted by Crippen LogP contribution is 2.22. The maximum absolute atomic E-state index is 12.6. The number of primary amides is 1. The fourth-order valence-corrected chi connectivity index (χ4v) is 4.06. The summed E-state index contributed by atoms with van der Waals surface area (Å²) >= 11 is 0. The topological polar surface area (TPSA) is 85.5 Å². The molecule has 40 heavy (non-hydrogen) atoms. The van der Waals surface area contributed by atoms with E-state index in [2.05, 4.69) is 66.4 Å². The molecule has 0 aliphatic carbocycles. The fourth-order valence-electron chi connectivity index (χ4n) is 4.06. The van der Waals surface area contributed by atoms with Crippen LogP contribution in [0.5, 0.6) is 0 Å². The van der Waals surface area contributed by atoms with Crippen molar-refractivity contribution in [2.24, 2.45) is 5.73 Å². The Labute approximate surface area is 234 Å². The zero-order valence-electron chi connectivity index (χ0n) is 23.7. The molecule has 4 aromatic rings. The first-order chi connectivity index (χ1) is 19.2. The van der Waals surface area contributed by atoms with Gasteiger partial charge in [-0.2, -0.15) is 0 Å². The van der Waals surface area contributed by atoms with Gasteiger partial charge in [0.25, 0.3) is 5.91 Å². The van der Waals surface area contributed by atoms with Crippen LogP contribution in [-0.2, 0) is 28.9 Å². The standard InChI is InChI=1S/C23H26N2O2.C7H5F2NO.C2H6/c1-25(2)16-19-7-9-21-20(14-19)11-12-24-22(21)15-18-6-4-5-17(13-18)8-10-23(26)27-3;8-4-2-1-3-5(9)6(4)7(10)11;1-2/h4-7,9,11-14H,8,10,15-16H2,1-3H3;1-3H,(H2,10,11);1-2H3. The Bertz CT molecular complexity index is 1400. The number of amides is 1. The van der Waals surface area contributed by atoms with E-state index in [0.29, 0.717) is 12.8 Å². The average Bonchev–Trinajstić information content (AvgIpc) is 2.93. The van der Waals surface area contributed by atoms with E-state index in [1.54, 1.807) is 0 Å². The minimum absolute atomic E-state index is 0.176. The van der Waals surface area contributed by atoms with Crippen molar-refractivity contribution in [2.45, 2.75) is 39.7 Å². The number of methoxy groups -OCH3 is 1. The third kappa shape index (κ3) is 9.54. The summed E-state index contributed by atoms with van der Waals surface area (Å²) in [4.78, 5) is 28.5. The first-order valence-electron chi connectivity index (χ1n) is 13.1. The van der Waals surface area contributed by atoms with Crippen molar-refractivity contribution < 1.29 is 23.1 Å². The highest BCUT2D eigenvalue weighted by atomic mass is 19.1. The van der Waals surface area contributed by atoms with E-state index in [-0.39, 0.29) is 5.97 Å². The summed E-state index contributed by atoms with van der Waals surface area (Å²) in [6, 6.07) is 20.2. The van der Waals surface area contributed by atoms with Gasteiger partial charge < -0.3 is 15.4 Å². The summed E-state index contributed by atoms with van der Waals surface area (Å²) in [6.07, 6.45) is 3.76. The third-order valence-corrected chi connectivity index (χ3v) is 5.83. The Morgan fingerprint density at radius 2 is 1.55 bits per heavy atom. The molecule has 212 valence electrons. The largest absolute Gasteiger partial charge is 0.469 e. The van der Waals surface area contributed by atoms with E-state index >= 15 is 0 Å². The number of nitrogens with two attached hydrogens (primary N) is 1. The predicted octanol–water partition coefficient (Wildman–Crippen LogP) is 6.08. The van der Waals surface area contributed by atoms with Crippen LogP contribution >= 0.6 is 0 Å². The van der Waals surface area contributed by atoms with E-state index in [0.717, 1.165) is 42.4 Å². The number of halogens is 2. The van der Waals surface area contributed by atoms with Crippen LogP contribution < -0.4 is 5.73 Å². The predicted molar refractivity (Wildman–Crippen MR) is 155 cm³/mol. The van der Waals surface area contributed by atoms with Crippen LogP contribution in [0.3, 0.4) is 0 Å². The number of aromatic nitrogens is 1. The molecule has 0 saturated heterocycles. The molecule has 0 saturated carbocycles. The van der Waals surface area contributed by atoms with Gasteiger partial charge in [0.05, 0.1) is 12.8 Å². The molecule has 0 aliphatic rings. The zero-order valence-corrected chi connectivity index (χ0v) is 23.7. The molecule has 0 fully saturated rings. The van der Waals surface area contributed by atoms with Crippen LogP contribution in [0.1, 0.15) is 53.0 Å². The zero-order chi connectivity index (χ0) is 29.7. The van der Waals surface area contributed by atoms with Crippen LogP contribution in [0.2, 0.25) is 0 Å². The molecule has 8 heteroatoms. The summed E-state index contributed by atoms with van der Waals surface area (Å²) in [5.41, 5.74) is 8.74. The van der Waals surface area contributed by atoms with Gasteiger partial charge in [-0.3, -0.25) is 14.6 Å². The molecule has 6 nitrogen and oxygen atoms in total. The maximum atomic E-state index is 12.6. The van der Waals surface area contributed by atoms with Crippen LogP contribution in [0, 0.1) is 11.6 Å². The number of fused-ring (bicyclic) bond motifs is 1. The number of rotatable bonds is 8. The maximum Gasteiger partial charge on any atom is 0.305 e. The van der Waals surface area contributed by atoms with Crippen LogP contribution in [0.25, 0.3) is 10.8 Å². The number of pyridine rings is 1. The minimum Gasteiger partial charge on any atom is -0.469 e. The first-order valence-corrected chi connectivity index (χ1v) is 13.1. The molecule has 0 unspecified atom stereocenters. The van der Waals surface area contributed by atoms with E-state index < -0.39 is 23.1 Å². The van der Waals surface area contributed by atoms with Gasteiger partial charge >= 0.3 is 5.97 Å². The molecule has 2 N–H and O–H groups in total. The molecule has 0 atom stereocenters. The Hall–Kier alpha value is -4.17. The second kappa shape index (κ2) is 16.1. The number of esters is 1. The summed E-state index contributed by atoms with van der Waals surface area (Å²) in [5.74, 6) is -3.14. The smallest absolute Gasteiger partial charge is 0.305 e.